The summed E-state index contributed by atoms with van der Waals surface area (Å²) in [4.78, 5) is 17.9. The molecule has 38 heavy (non-hydrogen) atoms. The topological polar surface area (TPSA) is 54.0 Å². The minimum Gasteiger partial charge on any atom is -0.493 e. The van der Waals surface area contributed by atoms with Crippen molar-refractivity contribution < 1.29 is 27.4 Å². The lowest BCUT2D eigenvalue weighted by atomic mass is 9.82. The van der Waals surface area contributed by atoms with Gasteiger partial charge in [-0.15, -0.1) is 0 Å². The maximum atomic E-state index is 13.7. The van der Waals surface area contributed by atoms with Gasteiger partial charge >= 0.3 is 6.18 Å². The van der Waals surface area contributed by atoms with E-state index in [-0.39, 0.29) is 18.4 Å². The molecule has 0 aromatic heterocycles. The van der Waals surface area contributed by atoms with Gasteiger partial charge in [-0.05, 0) is 54.4 Å². The molecule has 5 rings (SSSR count). The molecule has 2 heterocycles. The number of piperazine rings is 1. The van der Waals surface area contributed by atoms with Gasteiger partial charge in [0, 0.05) is 37.1 Å². The quantitative estimate of drug-likeness (QED) is 0.434. The molecule has 1 N–H and O–H groups in total. The number of carbonyl (C=O) groups is 1. The Morgan fingerprint density at radius 2 is 1.74 bits per heavy atom. The number of anilines is 3. The van der Waals surface area contributed by atoms with Crippen LogP contribution in [0.2, 0.25) is 5.02 Å². The van der Waals surface area contributed by atoms with E-state index >= 15 is 0 Å². The summed E-state index contributed by atoms with van der Waals surface area (Å²) in [6, 6.07) is 16.1. The van der Waals surface area contributed by atoms with Gasteiger partial charge in [-0.1, -0.05) is 23.7 Å². The first kappa shape index (κ1) is 26.0. The molecule has 2 aliphatic heterocycles. The maximum absolute atomic E-state index is 13.7. The minimum absolute atomic E-state index is 0.176. The molecule has 1 saturated heterocycles. The number of amides is 1. The van der Waals surface area contributed by atoms with Crippen LogP contribution in [0.1, 0.15) is 11.1 Å². The van der Waals surface area contributed by atoms with Crippen molar-refractivity contribution in [2.45, 2.75) is 18.6 Å². The van der Waals surface area contributed by atoms with Crippen molar-refractivity contribution in [2.75, 3.05) is 49.0 Å². The molecule has 1 amide bonds. The predicted octanol–water partition coefficient (Wildman–Crippen LogP) is 5.88. The van der Waals surface area contributed by atoms with E-state index in [1.807, 2.05) is 24.3 Å². The van der Waals surface area contributed by atoms with E-state index in [0.717, 1.165) is 17.4 Å². The number of para-hydroxylation sites is 1. The number of ether oxygens (including phenoxy) is 2. The van der Waals surface area contributed by atoms with Crippen LogP contribution in [-0.4, -0.2) is 45.8 Å². The molecule has 3 aromatic carbocycles. The molecule has 0 spiro atoms. The fourth-order valence-electron chi connectivity index (χ4n) is 5.38. The van der Waals surface area contributed by atoms with Crippen LogP contribution in [0.25, 0.3) is 0 Å². The lowest BCUT2D eigenvalue weighted by Gasteiger charge is -2.49. The number of nitrogens with one attached hydrogen (secondary N) is 1. The van der Waals surface area contributed by atoms with Gasteiger partial charge in [0.25, 0.3) is 0 Å². The highest BCUT2D eigenvalue weighted by molar-refractivity contribution is 6.33. The summed E-state index contributed by atoms with van der Waals surface area (Å²) in [5.74, 6) is 0.0876. The van der Waals surface area contributed by atoms with Gasteiger partial charge in [-0.3, -0.25) is 4.79 Å². The Bertz CT molecular complexity index is 1350. The van der Waals surface area contributed by atoms with Crippen LogP contribution in [0, 0.1) is 5.92 Å². The molecule has 1 fully saturated rings. The fourth-order valence-corrected chi connectivity index (χ4v) is 5.63. The molecule has 2 unspecified atom stereocenters. The SMILES string of the molecule is COc1ccc(NC(=O)C2Cc3cc(C(F)(F)F)ccc3N3CCN(c4ccccc4Cl)CC23)cc1OC. The van der Waals surface area contributed by atoms with Crippen molar-refractivity contribution in [3.8, 4) is 11.5 Å². The van der Waals surface area contributed by atoms with Crippen molar-refractivity contribution in [1.82, 2.24) is 0 Å². The van der Waals surface area contributed by atoms with Crippen LogP contribution in [0.3, 0.4) is 0 Å². The summed E-state index contributed by atoms with van der Waals surface area (Å²) in [7, 11) is 3.02. The number of fused-ring (bicyclic) bond motifs is 3. The zero-order valence-corrected chi connectivity index (χ0v) is 21.6. The standard InChI is InChI=1S/C28H27ClF3N3O3/c1-37-25-10-8-19(15-26(25)38-2)33-27(36)20-14-17-13-18(28(30,31)32)7-9-22(17)35-12-11-34(16-24(20)35)23-6-4-3-5-21(23)29/h3-10,13,15,20,24H,11-12,14,16H2,1-2H3,(H,33,36). The largest absolute Gasteiger partial charge is 0.493 e. The first-order chi connectivity index (χ1) is 18.2. The van der Waals surface area contributed by atoms with Crippen LogP contribution in [0.5, 0.6) is 11.5 Å². The number of nitrogens with zero attached hydrogens (tertiary/aromatic N) is 2. The zero-order valence-electron chi connectivity index (χ0n) is 20.9. The van der Waals surface area contributed by atoms with E-state index < -0.39 is 17.7 Å². The number of rotatable bonds is 5. The molecular weight excluding hydrogens is 519 g/mol. The van der Waals surface area contributed by atoms with E-state index in [2.05, 4.69) is 15.1 Å². The van der Waals surface area contributed by atoms with E-state index in [1.165, 1.54) is 26.4 Å². The fraction of sp³-hybridized carbons (Fsp3) is 0.321. The van der Waals surface area contributed by atoms with Crippen molar-refractivity contribution in [3.05, 3.63) is 76.8 Å². The number of halogens is 4. The number of hydrogen-bond donors (Lipinski definition) is 1. The number of carbonyl (C=O) groups excluding carboxylic acids is 1. The highest BCUT2D eigenvalue weighted by atomic mass is 35.5. The van der Waals surface area contributed by atoms with Crippen LogP contribution >= 0.6 is 11.6 Å². The molecule has 0 aliphatic carbocycles. The summed E-state index contributed by atoms with van der Waals surface area (Å²) < 4.78 is 51.1. The molecule has 0 saturated carbocycles. The number of alkyl halides is 3. The summed E-state index contributed by atoms with van der Waals surface area (Å²) >= 11 is 6.47. The van der Waals surface area contributed by atoms with Gasteiger partial charge in [-0.25, -0.2) is 0 Å². The van der Waals surface area contributed by atoms with E-state index in [1.54, 1.807) is 18.2 Å². The van der Waals surface area contributed by atoms with Crippen LogP contribution in [0.15, 0.2) is 60.7 Å². The van der Waals surface area contributed by atoms with Gasteiger partial charge in [0.15, 0.2) is 11.5 Å². The molecule has 0 bridgehead atoms. The first-order valence-electron chi connectivity index (χ1n) is 12.2. The third kappa shape index (κ3) is 4.95. The van der Waals surface area contributed by atoms with Gasteiger partial charge < -0.3 is 24.6 Å². The average molecular weight is 546 g/mol. The van der Waals surface area contributed by atoms with Crippen LogP contribution in [0.4, 0.5) is 30.2 Å². The van der Waals surface area contributed by atoms with Crippen molar-refractivity contribution >= 4 is 34.6 Å². The third-order valence-corrected chi connectivity index (χ3v) is 7.54. The summed E-state index contributed by atoms with van der Waals surface area (Å²) in [5, 5.41) is 3.55. The molecule has 2 atom stereocenters. The molecule has 2 aliphatic rings. The average Bonchev–Trinajstić information content (AvgIpc) is 2.91. The van der Waals surface area contributed by atoms with Gasteiger partial charge in [0.05, 0.1) is 42.5 Å². The monoisotopic (exact) mass is 545 g/mol. The summed E-state index contributed by atoms with van der Waals surface area (Å²) in [6.45, 7) is 1.65. The second-order valence-corrected chi connectivity index (χ2v) is 9.78. The predicted molar refractivity (Wildman–Crippen MR) is 142 cm³/mol. The zero-order chi connectivity index (χ0) is 27.0. The Kier molecular flexibility index (Phi) is 7.05. The third-order valence-electron chi connectivity index (χ3n) is 7.22. The highest BCUT2D eigenvalue weighted by Gasteiger charge is 2.43. The molecule has 10 heteroatoms. The normalized spacial score (nSPS) is 18.9. The van der Waals surface area contributed by atoms with E-state index in [0.29, 0.717) is 47.4 Å². The van der Waals surface area contributed by atoms with Crippen LogP contribution in [-0.2, 0) is 17.4 Å². The van der Waals surface area contributed by atoms with Crippen LogP contribution < -0.4 is 24.6 Å². The second kappa shape index (κ2) is 10.3. The van der Waals surface area contributed by atoms with E-state index in [4.69, 9.17) is 21.1 Å². The van der Waals surface area contributed by atoms with Crippen molar-refractivity contribution in [2.24, 2.45) is 5.92 Å². The van der Waals surface area contributed by atoms with Gasteiger partial charge in [0.1, 0.15) is 0 Å². The van der Waals surface area contributed by atoms with Gasteiger partial charge in [0.2, 0.25) is 5.91 Å². The maximum Gasteiger partial charge on any atom is 0.416 e. The first-order valence-corrected chi connectivity index (χ1v) is 12.6. The van der Waals surface area contributed by atoms with E-state index in [9.17, 15) is 18.0 Å². The number of methoxy groups -OCH3 is 2. The summed E-state index contributed by atoms with van der Waals surface area (Å²) in [6.07, 6.45) is -4.29. The Morgan fingerprint density at radius 3 is 2.45 bits per heavy atom. The molecule has 0 radical (unpaired) electrons. The Hall–Kier alpha value is -3.59. The van der Waals surface area contributed by atoms with Crippen molar-refractivity contribution in [1.29, 1.82) is 0 Å². The number of benzene rings is 3. The number of hydrogen-bond acceptors (Lipinski definition) is 5. The molecular formula is C28H27ClF3N3O3. The minimum atomic E-state index is -4.47. The lowest BCUT2D eigenvalue weighted by Crippen LogP contribution is -2.60. The van der Waals surface area contributed by atoms with Crippen molar-refractivity contribution in [3.63, 3.8) is 0 Å². The molecule has 200 valence electrons. The summed E-state index contributed by atoms with van der Waals surface area (Å²) in [5.41, 5.74) is 1.90. The Labute approximate surface area is 223 Å². The lowest BCUT2D eigenvalue weighted by molar-refractivity contribution is -0.137. The van der Waals surface area contributed by atoms with Gasteiger partial charge in [-0.2, -0.15) is 13.2 Å². The Morgan fingerprint density at radius 1 is 0.974 bits per heavy atom. The second-order valence-electron chi connectivity index (χ2n) is 9.37. The Balaban J connectivity index is 1.49. The molecule has 3 aromatic rings. The smallest absolute Gasteiger partial charge is 0.416 e. The highest BCUT2D eigenvalue weighted by Crippen LogP contribution is 2.41. The molecule has 6 nitrogen and oxygen atoms in total.